The van der Waals surface area contributed by atoms with E-state index in [9.17, 15) is 8.42 Å². The molecule has 0 atom stereocenters. The van der Waals surface area contributed by atoms with Crippen LogP contribution in [0.1, 0.15) is 19.4 Å². The van der Waals surface area contributed by atoms with Crippen molar-refractivity contribution in [3.05, 3.63) is 28.8 Å². The van der Waals surface area contributed by atoms with Crippen molar-refractivity contribution >= 4 is 21.6 Å². The first-order valence-corrected chi connectivity index (χ1v) is 8.07. The molecule has 19 heavy (non-hydrogen) atoms. The molecule has 2 rings (SSSR count). The molecule has 1 aliphatic heterocycles. The first-order valence-electron chi connectivity index (χ1n) is 6.25. The predicted molar refractivity (Wildman–Crippen MR) is 77.0 cm³/mol. The fourth-order valence-electron chi connectivity index (χ4n) is 2.35. The minimum absolute atomic E-state index is 0.190. The lowest BCUT2D eigenvalue weighted by Gasteiger charge is -2.41. The Balaban J connectivity index is 2.47. The standard InChI is InChI=1S/C13H19ClN2O2S/c1-10-4-5-12(11(14)8-10)19(17,18)16-7-6-15-9-13(16,2)3/h4-5,8,15H,6-7,9H2,1-3H3. The van der Waals surface area contributed by atoms with Crippen LogP contribution in [-0.2, 0) is 10.0 Å². The summed E-state index contributed by atoms with van der Waals surface area (Å²) in [6.07, 6.45) is 0. The van der Waals surface area contributed by atoms with Crippen molar-refractivity contribution in [2.24, 2.45) is 0 Å². The van der Waals surface area contributed by atoms with E-state index in [1.54, 1.807) is 18.2 Å². The van der Waals surface area contributed by atoms with E-state index in [1.165, 1.54) is 4.31 Å². The molecular weight excluding hydrogens is 284 g/mol. The molecule has 1 aromatic carbocycles. The highest BCUT2D eigenvalue weighted by Gasteiger charge is 2.39. The average Bonchev–Trinajstić information content (AvgIpc) is 2.27. The number of nitrogens with zero attached hydrogens (tertiary/aromatic N) is 1. The van der Waals surface area contributed by atoms with Crippen LogP contribution in [0, 0.1) is 6.92 Å². The second kappa shape index (κ2) is 5.05. The van der Waals surface area contributed by atoms with Crippen molar-refractivity contribution < 1.29 is 8.42 Å². The lowest BCUT2D eigenvalue weighted by atomic mass is 10.0. The van der Waals surface area contributed by atoms with Crippen molar-refractivity contribution in [1.82, 2.24) is 9.62 Å². The monoisotopic (exact) mass is 302 g/mol. The Hall–Kier alpha value is -0.620. The van der Waals surface area contributed by atoms with Crippen molar-refractivity contribution in [3.63, 3.8) is 0 Å². The number of aryl methyl sites for hydroxylation is 1. The number of piperazine rings is 1. The van der Waals surface area contributed by atoms with E-state index in [4.69, 9.17) is 11.6 Å². The van der Waals surface area contributed by atoms with Crippen LogP contribution >= 0.6 is 11.6 Å². The van der Waals surface area contributed by atoms with Crippen LogP contribution in [0.4, 0.5) is 0 Å². The number of hydrogen-bond donors (Lipinski definition) is 1. The molecule has 1 aromatic rings. The number of halogens is 1. The Bertz CT molecular complexity index is 584. The maximum atomic E-state index is 12.7. The molecule has 1 fully saturated rings. The lowest BCUT2D eigenvalue weighted by Crippen LogP contribution is -2.59. The van der Waals surface area contributed by atoms with Gasteiger partial charge < -0.3 is 5.32 Å². The normalized spacial score (nSPS) is 20.4. The molecule has 106 valence electrons. The maximum Gasteiger partial charge on any atom is 0.245 e. The molecule has 6 heteroatoms. The molecule has 0 saturated carbocycles. The molecule has 0 aromatic heterocycles. The zero-order valence-electron chi connectivity index (χ0n) is 11.4. The summed E-state index contributed by atoms with van der Waals surface area (Å²) in [5, 5.41) is 3.50. The fraction of sp³-hybridized carbons (Fsp3) is 0.538. The summed E-state index contributed by atoms with van der Waals surface area (Å²) in [6.45, 7) is 7.47. The van der Waals surface area contributed by atoms with Crippen LogP contribution in [0.3, 0.4) is 0 Å². The highest BCUT2D eigenvalue weighted by molar-refractivity contribution is 7.89. The Kier molecular flexibility index (Phi) is 3.93. The van der Waals surface area contributed by atoms with Gasteiger partial charge in [0.25, 0.3) is 0 Å². The molecule has 0 radical (unpaired) electrons. The summed E-state index contributed by atoms with van der Waals surface area (Å²) in [6, 6.07) is 5.04. The summed E-state index contributed by atoms with van der Waals surface area (Å²) < 4.78 is 27.0. The van der Waals surface area contributed by atoms with Gasteiger partial charge in [0, 0.05) is 25.2 Å². The van der Waals surface area contributed by atoms with E-state index in [1.807, 2.05) is 20.8 Å². The molecule has 1 N–H and O–H groups in total. The smallest absolute Gasteiger partial charge is 0.245 e. The van der Waals surface area contributed by atoms with Crippen molar-refractivity contribution in [2.45, 2.75) is 31.2 Å². The fourth-order valence-corrected chi connectivity index (χ4v) is 4.70. The van der Waals surface area contributed by atoms with Crippen LogP contribution in [0.15, 0.2) is 23.1 Å². The highest BCUT2D eigenvalue weighted by Crippen LogP contribution is 2.30. The van der Waals surface area contributed by atoms with E-state index < -0.39 is 15.6 Å². The Morgan fingerprint density at radius 1 is 1.37 bits per heavy atom. The molecule has 4 nitrogen and oxygen atoms in total. The first-order chi connectivity index (χ1) is 8.75. The number of nitrogens with one attached hydrogen (secondary N) is 1. The summed E-state index contributed by atoms with van der Waals surface area (Å²) in [4.78, 5) is 0.190. The van der Waals surface area contributed by atoms with E-state index in [2.05, 4.69) is 5.32 Å². The number of hydrogen-bond acceptors (Lipinski definition) is 3. The van der Waals surface area contributed by atoms with E-state index in [0.29, 0.717) is 19.6 Å². The topological polar surface area (TPSA) is 49.4 Å². The van der Waals surface area contributed by atoms with Gasteiger partial charge >= 0.3 is 0 Å². The largest absolute Gasteiger partial charge is 0.314 e. The molecule has 0 unspecified atom stereocenters. The zero-order valence-corrected chi connectivity index (χ0v) is 13.0. The van der Waals surface area contributed by atoms with Gasteiger partial charge in [-0.1, -0.05) is 17.7 Å². The molecule has 0 bridgehead atoms. The van der Waals surface area contributed by atoms with E-state index in [-0.39, 0.29) is 9.92 Å². The Labute approximate surface area is 119 Å². The van der Waals surface area contributed by atoms with Gasteiger partial charge in [-0.25, -0.2) is 8.42 Å². The van der Waals surface area contributed by atoms with Crippen molar-refractivity contribution in [3.8, 4) is 0 Å². The van der Waals surface area contributed by atoms with Crippen LogP contribution in [0.5, 0.6) is 0 Å². The van der Waals surface area contributed by atoms with Gasteiger partial charge in [-0.05, 0) is 38.5 Å². The summed E-state index contributed by atoms with van der Waals surface area (Å²) >= 11 is 6.10. The van der Waals surface area contributed by atoms with Crippen molar-refractivity contribution in [2.75, 3.05) is 19.6 Å². The molecule has 0 amide bonds. The third-order valence-electron chi connectivity index (χ3n) is 3.38. The predicted octanol–water partition coefficient (Wildman–Crippen LogP) is 2.02. The van der Waals surface area contributed by atoms with E-state index in [0.717, 1.165) is 5.56 Å². The maximum absolute atomic E-state index is 12.7. The molecule has 1 saturated heterocycles. The summed E-state index contributed by atoms with van der Waals surface area (Å²) in [5.41, 5.74) is 0.495. The Morgan fingerprint density at radius 2 is 2.05 bits per heavy atom. The highest BCUT2D eigenvalue weighted by atomic mass is 35.5. The van der Waals surface area contributed by atoms with E-state index >= 15 is 0 Å². The lowest BCUT2D eigenvalue weighted by molar-refractivity contribution is 0.186. The van der Waals surface area contributed by atoms with Crippen molar-refractivity contribution in [1.29, 1.82) is 0 Å². The Morgan fingerprint density at radius 3 is 2.63 bits per heavy atom. The third kappa shape index (κ3) is 2.79. The molecule has 1 aliphatic rings. The molecule has 1 heterocycles. The van der Waals surface area contributed by atoms with Gasteiger partial charge in [-0.2, -0.15) is 4.31 Å². The average molecular weight is 303 g/mol. The number of rotatable bonds is 2. The summed E-state index contributed by atoms with van der Waals surface area (Å²) in [7, 11) is -3.56. The zero-order chi connectivity index (χ0) is 14.3. The minimum Gasteiger partial charge on any atom is -0.314 e. The van der Waals surface area contributed by atoms with Crippen LogP contribution < -0.4 is 5.32 Å². The third-order valence-corrected chi connectivity index (χ3v) is 5.97. The first kappa shape index (κ1) is 14.8. The van der Waals surface area contributed by atoms with Gasteiger partial charge in [0.15, 0.2) is 0 Å². The molecule has 0 spiro atoms. The second-order valence-electron chi connectivity index (χ2n) is 5.50. The number of benzene rings is 1. The van der Waals surface area contributed by atoms with Crippen LogP contribution in [-0.4, -0.2) is 37.9 Å². The molecule has 0 aliphatic carbocycles. The minimum atomic E-state index is -3.56. The van der Waals surface area contributed by atoms with Crippen LogP contribution in [0.25, 0.3) is 0 Å². The van der Waals surface area contributed by atoms with Gasteiger partial charge in [-0.3, -0.25) is 0 Å². The van der Waals surface area contributed by atoms with Gasteiger partial charge in [-0.15, -0.1) is 0 Å². The van der Waals surface area contributed by atoms with Gasteiger partial charge in [0.05, 0.1) is 5.02 Å². The van der Waals surface area contributed by atoms with Gasteiger partial charge in [0.1, 0.15) is 4.90 Å². The number of sulfonamides is 1. The summed E-state index contributed by atoms with van der Waals surface area (Å²) in [5.74, 6) is 0. The molecular formula is C13H19ClN2O2S. The SMILES string of the molecule is Cc1ccc(S(=O)(=O)N2CCNCC2(C)C)c(Cl)c1. The second-order valence-corrected chi connectivity index (χ2v) is 7.74. The van der Waals surface area contributed by atoms with Gasteiger partial charge in [0.2, 0.25) is 10.0 Å². The van der Waals surface area contributed by atoms with Crippen LogP contribution in [0.2, 0.25) is 5.02 Å². The quantitative estimate of drug-likeness (QED) is 0.909.